The number of phenols is 2. The number of benzene rings is 2. The Morgan fingerprint density at radius 1 is 1.05 bits per heavy atom. The van der Waals surface area contributed by atoms with E-state index in [0.29, 0.717) is 21.4 Å². The SMILES string of the molecule is Nc1ccccc1-n1nccc1-c1cc(Br)c(O)cc1O. The van der Waals surface area contributed by atoms with Crippen LogP contribution in [0.25, 0.3) is 16.9 Å². The number of nitrogens with two attached hydrogens (primary N) is 1. The predicted octanol–water partition coefficient (Wildman–Crippen LogP) is 3.30. The quantitative estimate of drug-likeness (QED) is 0.622. The molecule has 21 heavy (non-hydrogen) atoms. The van der Waals surface area contributed by atoms with Gasteiger partial charge in [-0.2, -0.15) is 5.10 Å². The van der Waals surface area contributed by atoms with Crippen LogP contribution in [-0.2, 0) is 0 Å². The van der Waals surface area contributed by atoms with Crippen LogP contribution in [0.3, 0.4) is 0 Å². The third-order valence-corrected chi connectivity index (χ3v) is 3.78. The van der Waals surface area contributed by atoms with Gasteiger partial charge in [-0.25, -0.2) is 4.68 Å². The summed E-state index contributed by atoms with van der Waals surface area (Å²) >= 11 is 3.25. The number of nitrogen functional groups attached to an aromatic ring is 1. The standard InChI is InChI=1S/C15H12BrN3O2/c16-10-7-9(14(20)8-15(10)21)12-5-6-18-19(12)13-4-2-1-3-11(13)17/h1-8,20-21H,17H2. The first kappa shape index (κ1) is 13.5. The summed E-state index contributed by atoms with van der Waals surface area (Å²) in [5, 5.41) is 23.9. The van der Waals surface area contributed by atoms with E-state index in [2.05, 4.69) is 21.0 Å². The van der Waals surface area contributed by atoms with Crippen LogP contribution in [0.2, 0.25) is 0 Å². The molecule has 0 amide bonds. The summed E-state index contributed by atoms with van der Waals surface area (Å²) in [5.41, 5.74) is 8.50. The van der Waals surface area contributed by atoms with Gasteiger partial charge >= 0.3 is 0 Å². The van der Waals surface area contributed by atoms with E-state index in [1.165, 1.54) is 6.07 Å². The van der Waals surface area contributed by atoms with Crippen LogP contribution in [0, 0.1) is 0 Å². The number of aromatic nitrogens is 2. The Kier molecular flexibility index (Phi) is 3.31. The molecular weight excluding hydrogens is 334 g/mol. The average molecular weight is 346 g/mol. The van der Waals surface area contributed by atoms with Gasteiger partial charge in [0.15, 0.2) is 0 Å². The molecule has 0 spiro atoms. The van der Waals surface area contributed by atoms with Gasteiger partial charge in [0.05, 0.1) is 27.7 Å². The van der Waals surface area contributed by atoms with Gasteiger partial charge in [0.1, 0.15) is 11.5 Å². The first-order valence-electron chi connectivity index (χ1n) is 6.18. The number of halogens is 1. The van der Waals surface area contributed by atoms with Crippen LogP contribution in [0.1, 0.15) is 0 Å². The van der Waals surface area contributed by atoms with E-state index >= 15 is 0 Å². The zero-order valence-electron chi connectivity index (χ0n) is 10.9. The molecule has 0 aliphatic rings. The molecule has 4 N–H and O–H groups in total. The molecule has 1 heterocycles. The highest BCUT2D eigenvalue weighted by Crippen LogP contribution is 2.38. The second-order valence-corrected chi connectivity index (χ2v) is 5.36. The summed E-state index contributed by atoms with van der Waals surface area (Å²) in [6, 6.07) is 12.0. The van der Waals surface area contributed by atoms with Crippen molar-refractivity contribution >= 4 is 21.6 Å². The number of rotatable bonds is 2. The van der Waals surface area contributed by atoms with E-state index in [9.17, 15) is 10.2 Å². The van der Waals surface area contributed by atoms with Gasteiger partial charge in [0, 0.05) is 11.6 Å². The van der Waals surface area contributed by atoms with Crippen LogP contribution < -0.4 is 5.73 Å². The van der Waals surface area contributed by atoms with Crippen molar-refractivity contribution in [1.29, 1.82) is 0 Å². The summed E-state index contributed by atoms with van der Waals surface area (Å²) < 4.78 is 2.14. The smallest absolute Gasteiger partial charge is 0.133 e. The van der Waals surface area contributed by atoms with Crippen molar-refractivity contribution in [2.45, 2.75) is 0 Å². The Morgan fingerprint density at radius 2 is 1.81 bits per heavy atom. The second kappa shape index (κ2) is 5.14. The number of aromatic hydroxyl groups is 2. The molecule has 0 unspecified atom stereocenters. The second-order valence-electron chi connectivity index (χ2n) is 4.51. The van der Waals surface area contributed by atoms with Gasteiger partial charge in [-0.05, 0) is 40.2 Å². The fourth-order valence-electron chi connectivity index (χ4n) is 2.14. The van der Waals surface area contributed by atoms with Crippen molar-refractivity contribution in [3.63, 3.8) is 0 Å². The zero-order valence-corrected chi connectivity index (χ0v) is 12.4. The van der Waals surface area contributed by atoms with Crippen molar-refractivity contribution in [1.82, 2.24) is 9.78 Å². The lowest BCUT2D eigenvalue weighted by atomic mass is 10.1. The average Bonchev–Trinajstić information content (AvgIpc) is 2.92. The molecule has 1 aromatic heterocycles. The Bertz CT molecular complexity index is 814. The Hall–Kier alpha value is -2.47. The molecule has 0 saturated heterocycles. The highest BCUT2D eigenvalue weighted by Gasteiger charge is 2.15. The van der Waals surface area contributed by atoms with Gasteiger partial charge in [0.25, 0.3) is 0 Å². The number of hydrogen-bond acceptors (Lipinski definition) is 4. The van der Waals surface area contributed by atoms with E-state index in [1.54, 1.807) is 29.1 Å². The van der Waals surface area contributed by atoms with E-state index in [0.717, 1.165) is 5.69 Å². The van der Waals surface area contributed by atoms with Gasteiger partial charge in [-0.1, -0.05) is 12.1 Å². The maximum Gasteiger partial charge on any atom is 0.133 e. The Morgan fingerprint density at radius 3 is 2.57 bits per heavy atom. The Labute approximate surface area is 129 Å². The maximum absolute atomic E-state index is 10.1. The fourth-order valence-corrected chi connectivity index (χ4v) is 2.48. The highest BCUT2D eigenvalue weighted by molar-refractivity contribution is 9.10. The van der Waals surface area contributed by atoms with Gasteiger partial charge in [-0.3, -0.25) is 0 Å². The van der Waals surface area contributed by atoms with E-state index < -0.39 is 0 Å². The molecule has 0 bridgehead atoms. The molecule has 6 heteroatoms. The summed E-state index contributed by atoms with van der Waals surface area (Å²) in [6.45, 7) is 0. The lowest BCUT2D eigenvalue weighted by molar-refractivity contribution is 0.449. The topological polar surface area (TPSA) is 84.3 Å². The molecule has 0 fully saturated rings. The van der Waals surface area contributed by atoms with E-state index in [1.807, 2.05) is 18.2 Å². The predicted molar refractivity (Wildman–Crippen MR) is 84.4 cm³/mol. The molecule has 3 rings (SSSR count). The molecule has 0 aliphatic heterocycles. The molecule has 0 saturated carbocycles. The van der Waals surface area contributed by atoms with Crippen LogP contribution in [0.5, 0.6) is 11.5 Å². The summed E-state index contributed by atoms with van der Waals surface area (Å²) in [4.78, 5) is 0. The molecular formula is C15H12BrN3O2. The third kappa shape index (κ3) is 2.34. The van der Waals surface area contributed by atoms with Crippen LogP contribution >= 0.6 is 15.9 Å². The number of anilines is 1. The molecule has 3 aromatic rings. The number of nitrogens with zero attached hydrogens (tertiary/aromatic N) is 2. The Balaban J connectivity index is 2.21. The molecule has 0 aliphatic carbocycles. The minimum absolute atomic E-state index is 0.0264. The van der Waals surface area contributed by atoms with Crippen molar-refractivity contribution in [2.75, 3.05) is 5.73 Å². The van der Waals surface area contributed by atoms with Crippen molar-refractivity contribution in [3.05, 3.63) is 53.1 Å². The summed E-state index contributed by atoms with van der Waals surface area (Å²) in [7, 11) is 0. The largest absolute Gasteiger partial charge is 0.507 e. The monoisotopic (exact) mass is 345 g/mol. The molecule has 0 radical (unpaired) electrons. The molecule has 0 atom stereocenters. The zero-order chi connectivity index (χ0) is 15.0. The number of para-hydroxylation sites is 2. The van der Waals surface area contributed by atoms with Crippen molar-refractivity contribution in [3.8, 4) is 28.4 Å². The summed E-state index contributed by atoms with van der Waals surface area (Å²) in [5.74, 6) is -0.0616. The minimum Gasteiger partial charge on any atom is -0.507 e. The van der Waals surface area contributed by atoms with Gasteiger partial charge in [-0.15, -0.1) is 0 Å². The molecule has 2 aromatic carbocycles. The van der Waals surface area contributed by atoms with Gasteiger partial charge in [0.2, 0.25) is 0 Å². The van der Waals surface area contributed by atoms with Crippen LogP contribution in [0.15, 0.2) is 53.1 Å². The van der Waals surface area contributed by atoms with Gasteiger partial charge < -0.3 is 15.9 Å². The maximum atomic E-state index is 10.1. The number of phenolic OH excluding ortho intramolecular Hbond substituents is 2. The lowest BCUT2D eigenvalue weighted by Crippen LogP contribution is -2.02. The number of hydrogen-bond donors (Lipinski definition) is 3. The fraction of sp³-hybridized carbons (Fsp3) is 0. The summed E-state index contributed by atoms with van der Waals surface area (Å²) in [6.07, 6.45) is 1.63. The third-order valence-electron chi connectivity index (χ3n) is 3.15. The van der Waals surface area contributed by atoms with Crippen molar-refractivity contribution < 1.29 is 10.2 Å². The van der Waals surface area contributed by atoms with Crippen LogP contribution in [0.4, 0.5) is 5.69 Å². The van der Waals surface area contributed by atoms with Crippen LogP contribution in [-0.4, -0.2) is 20.0 Å². The first-order valence-corrected chi connectivity index (χ1v) is 6.98. The lowest BCUT2D eigenvalue weighted by Gasteiger charge is -2.12. The highest BCUT2D eigenvalue weighted by atomic mass is 79.9. The molecule has 106 valence electrons. The normalized spacial score (nSPS) is 10.7. The van der Waals surface area contributed by atoms with E-state index in [4.69, 9.17) is 5.73 Å². The first-order chi connectivity index (χ1) is 10.1. The van der Waals surface area contributed by atoms with Crippen molar-refractivity contribution in [2.24, 2.45) is 0 Å². The molecule has 5 nitrogen and oxygen atoms in total. The minimum atomic E-state index is -0.0352. The van der Waals surface area contributed by atoms with E-state index in [-0.39, 0.29) is 11.5 Å².